The number of halogens is 1. The predicted molar refractivity (Wildman–Crippen MR) is 85.0 cm³/mol. The second-order valence-corrected chi connectivity index (χ2v) is 5.95. The highest BCUT2D eigenvalue weighted by Gasteiger charge is 2.10. The number of aromatic amines is 1. The number of fused-ring (bicyclic) bond motifs is 1. The zero-order valence-electron chi connectivity index (χ0n) is 11.2. The Kier molecular flexibility index (Phi) is 3.24. The third kappa shape index (κ3) is 2.53. The average molecular weight is 332 g/mol. The van der Waals surface area contributed by atoms with Gasteiger partial charge >= 0.3 is 0 Å². The number of imidazole rings is 1. The van der Waals surface area contributed by atoms with Crippen molar-refractivity contribution < 1.29 is 0 Å². The second kappa shape index (κ2) is 5.39. The molecule has 0 aliphatic heterocycles. The number of benzene rings is 1. The van der Waals surface area contributed by atoms with E-state index in [4.69, 9.17) is 11.6 Å². The first-order valence-electron chi connectivity index (χ1n) is 6.48. The van der Waals surface area contributed by atoms with Crippen LogP contribution in [0.4, 0.5) is 5.13 Å². The van der Waals surface area contributed by atoms with Gasteiger partial charge in [-0.05, 0) is 12.1 Å². The first-order valence-corrected chi connectivity index (χ1v) is 7.68. The second-order valence-electron chi connectivity index (χ2n) is 4.55. The first kappa shape index (κ1) is 13.2. The molecule has 0 aliphatic carbocycles. The molecule has 0 saturated heterocycles. The first-order chi connectivity index (χ1) is 10.8. The molecule has 9 heteroatoms. The molecule has 4 rings (SSSR count). The summed E-state index contributed by atoms with van der Waals surface area (Å²) in [5.74, 6) is 0.759. The van der Waals surface area contributed by atoms with E-state index >= 15 is 0 Å². The summed E-state index contributed by atoms with van der Waals surface area (Å²) in [5, 5.41) is 15.7. The lowest BCUT2D eigenvalue weighted by Crippen LogP contribution is -2.01. The maximum atomic E-state index is 5.90. The molecule has 0 atom stereocenters. The van der Waals surface area contributed by atoms with Crippen LogP contribution in [0.2, 0.25) is 5.02 Å². The van der Waals surface area contributed by atoms with E-state index in [9.17, 15) is 0 Å². The van der Waals surface area contributed by atoms with Crippen molar-refractivity contribution in [3.63, 3.8) is 0 Å². The number of hydrogen-bond donors (Lipinski definition) is 2. The number of aromatic nitrogens is 6. The third-order valence-corrected chi connectivity index (χ3v) is 4.19. The maximum absolute atomic E-state index is 5.90. The highest BCUT2D eigenvalue weighted by atomic mass is 35.5. The van der Waals surface area contributed by atoms with Gasteiger partial charge in [0.05, 0.1) is 18.4 Å². The van der Waals surface area contributed by atoms with Crippen molar-refractivity contribution in [2.24, 2.45) is 0 Å². The minimum atomic E-state index is 0.542. The van der Waals surface area contributed by atoms with Crippen molar-refractivity contribution >= 4 is 33.0 Å². The molecule has 3 heterocycles. The van der Waals surface area contributed by atoms with Gasteiger partial charge in [0.2, 0.25) is 10.1 Å². The number of nitrogens with zero attached hydrogens (tertiary/aromatic N) is 5. The molecule has 7 nitrogen and oxygen atoms in total. The SMILES string of the molecule is Clc1ccc(-c2cn3nc(NCc4ncn[nH]4)sc3n2)cc1. The lowest BCUT2D eigenvalue weighted by Gasteiger charge is -1.97. The summed E-state index contributed by atoms with van der Waals surface area (Å²) in [6.07, 6.45) is 3.37. The minimum absolute atomic E-state index is 0.542. The van der Waals surface area contributed by atoms with Crippen LogP contribution >= 0.6 is 22.9 Å². The fourth-order valence-corrected chi connectivity index (χ4v) is 2.91. The Labute approximate surface area is 134 Å². The molecule has 0 unspecified atom stereocenters. The molecule has 3 aromatic heterocycles. The van der Waals surface area contributed by atoms with Gasteiger partial charge in [-0.25, -0.2) is 14.5 Å². The Morgan fingerprint density at radius 3 is 2.86 bits per heavy atom. The van der Waals surface area contributed by atoms with Crippen LogP contribution in [0, 0.1) is 0 Å². The zero-order valence-corrected chi connectivity index (χ0v) is 12.8. The standard InChI is InChI=1S/C13H10ClN7S/c14-9-3-1-8(2-4-9)10-6-21-13(18-10)22-12(20-21)15-5-11-16-7-17-19-11/h1-4,6-7H,5H2,(H,15,20)(H,16,17,19). The predicted octanol–water partition coefficient (Wildman–Crippen LogP) is 2.84. The lowest BCUT2D eigenvalue weighted by atomic mass is 10.2. The van der Waals surface area contributed by atoms with Gasteiger partial charge < -0.3 is 5.32 Å². The van der Waals surface area contributed by atoms with E-state index in [0.29, 0.717) is 11.6 Å². The molecule has 0 amide bonds. The van der Waals surface area contributed by atoms with Crippen LogP contribution < -0.4 is 5.32 Å². The Bertz CT molecular complexity index is 863. The molecule has 0 saturated carbocycles. The Hall–Kier alpha value is -2.45. The van der Waals surface area contributed by atoms with E-state index in [0.717, 1.165) is 27.2 Å². The van der Waals surface area contributed by atoms with Gasteiger partial charge in [-0.15, -0.1) is 5.10 Å². The van der Waals surface area contributed by atoms with Crippen LogP contribution in [-0.2, 0) is 6.54 Å². The van der Waals surface area contributed by atoms with E-state index in [1.807, 2.05) is 30.5 Å². The molecule has 0 aliphatic rings. The van der Waals surface area contributed by atoms with E-state index in [2.05, 4.69) is 30.6 Å². The van der Waals surface area contributed by atoms with Gasteiger partial charge in [-0.3, -0.25) is 5.10 Å². The summed E-state index contributed by atoms with van der Waals surface area (Å²) in [6.45, 7) is 0.542. The van der Waals surface area contributed by atoms with Gasteiger partial charge in [-0.2, -0.15) is 5.10 Å². The van der Waals surface area contributed by atoms with Crippen LogP contribution in [0.25, 0.3) is 16.2 Å². The monoisotopic (exact) mass is 331 g/mol. The van der Waals surface area contributed by atoms with Crippen molar-refractivity contribution in [2.45, 2.75) is 6.54 Å². The molecule has 4 aromatic rings. The number of nitrogens with one attached hydrogen (secondary N) is 2. The largest absolute Gasteiger partial charge is 0.353 e. The molecular formula is C13H10ClN7S. The van der Waals surface area contributed by atoms with Gasteiger partial charge in [-0.1, -0.05) is 35.1 Å². The van der Waals surface area contributed by atoms with Crippen molar-refractivity contribution in [3.8, 4) is 11.3 Å². The number of rotatable bonds is 4. The van der Waals surface area contributed by atoms with Crippen molar-refractivity contribution in [3.05, 3.63) is 47.6 Å². The topological polar surface area (TPSA) is 83.8 Å². The summed E-state index contributed by atoms with van der Waals surface area (Å²) in [4.78, 5) is 9.45. The Balaban J connectivity index is 1.55. The molecule has 0 bridgehead atoms. The fourth-order valence-electron chi connectivity index (χ4n) is 2.01. The van der Waals surface area contributed by atoms with Crippen LogP contribution in [0.1, 0.15) is 5.82 Å². The number of anilines is 1. The summed E-state index contributed by atoms with van der Waals surface area (Å²) >= 11 is 7.38. The molecule has 22 heavy (non-hydrogen) atoms. The Morgan fingerprint density at radius 2 is 2.14 bits per heavy atom. The van der Waals surface area contributed by atoms with Gasteiger partial charge in [0, 0.05) is 10.6 Å². The van der Waals surface area contributed by atoms with Crippen LogP contribution in [0.15, 0.2) is 36.8 Å². The highest BCUT2D eigenvalue weighted by molar-refractivity contribution is 7.20. The maximum Gasteiger partial charge on any atom is 0.214 e. The average Bonchev–Trinajstić information content (AvgIpc) is 3.21. The lowest BCUT2D eigenvalue weighted by molar-refractivity contribution is 0.925. The summed E-state index contributed by atoms with van der Waals surface area (Å²) < 4.78 is 1.76. The summed E-state index contributed by atoms with van der Waals surface area (Å²) in [7, 11) is 0. The van der Waals surface area contributed by atoms with Crippen LogP contribution in [-0.4, -0.2) is 29.8 Å². The van der Waals surface area contributed by atoms with Crippen molar-refractivity contribution in [2.75, 3.05) is 5.32 Å². The van der Waals surface area contributed by atoms with E-state index in [1.165, 1.54) is 17.7 Å². The Morgan fingerprint density at radius 1 is 1.27 bits per heavy atom. The smallest absolute Gasteiger partial charge is 0.214 e. The summed E-state index contributed by atoms with van der Waals surface area (Å²) in [6, 6.07) is 7.58. The molecule has 1 aromatic carbocycles. The molecule has 0 radical (unpaired) electrons. The normalized spacial score (nSPS) is 11.1. The number of H-pyrrole nitrogens is 1. The van der Waals surface area contributed by atoms with E-state index < -0.39 is 0 Å². The van der Waals surface area contributed by atoms with Crippen LogP contribution in [0.5, 0.6) is 0 Å². The molecular weight excluding hydrogens is 322 g/mol. The molecule has 110 valence electrons. The van der Waals surface area contributed by atoms with Gasteiger partial charge in [0.1, 0.15) is 12.2 Å². The van der Waals surface area contributed by atoms with Crippen molar-refractivity contribution in [1.82, 2.24) is 29.8 Å². The third-order valence-electron chi connectivity index (χ3n) is 3.06. The zero-order chi connectivity index (χ0) is 14.9. The quantitative estimate of drug-likeness (QED) is 0.600. The van der Waals surface area contributed by atoms with Crippen molar-refractivity contribution in [1.29, 1.82) is 0 Å². The van der Waals surface area contributed by atoms with Gasteiger partial charge in [0.15, 0.2) is 0 Å². The van der Waals surface area contributed by atoms with Crippen LogP contribution in [0.3, 0.4) is 0 Å². The summed E-state index contributed by atoms with van der Waals surface area (Å²) in [5.41, 5.74) is 1.88. The number of hydrogen-bond acceptors (Lipinski definition) is 6. The minimum Gasteiger partial charge on any atom is -0.353 e. The van der Waals surface area contributed by atoms with Gasteiger partial charge in [0.25, 0.3) is 0 Å². The highest BCUT2D eigenvalue weighted by Crippen LogP contribution is 2.25. The molecule has 0 spiro atoms. The fraction of sp³-hybridized carbons (Fsp3) is 0.0769. The van der Waals surface area contributed by atoms with E-state index in [-0.39, 0.29) is 0 Å². The van der Waals surface area contributed by atoms with E-state index in [1.54, 1.807) is 4.52 Å². The molecule has 2 N–H and O–H groups in total. The molecule has 0 fully saturated rings.